The molecule has 1 heterocycles. The predicted octanol–water partition coefficient (Wildman–Crippen LogP) is 3.93. The van der Waals surface area contributed by atoms with Gasteiger partial charge in [0.25, 0.3) is 0 Å². The lowest BCUT2D eigenvalue weighted by molar-refractivity contribution is 0.361. The first-order chi connectivity index (χ1) is 9.16. The molecule has 1 aliphatic carbocycles. The molecule has 3 nitrogen and oxygen atoms in total. The highest BCUT2D eigenvalue weighted by atomic mass is 15.0. The van der Waals surface area contributed by atoms with E-state index >= 15 is 0 Å². The number of rotatable bonds is 3. The summed E-state index contributed by atoms with van der Waals surface area (Å²) in [4.78, 5) is 9.31. The number of aryl methyl sites for hydroxylation is 1. The maximum absolute atomic E-state index is 4.69. The third-order valence-electron chi connectivity index (χ3n) is 4.24. The minimum Gasteiger partial charge on any atom is -0.368 e. The Labute approximate surface area is 114 Å². The quantitative estimate of drug-likeness (QED) is 0.903. The number of aromatic nitrogens is 2. The smallest absolute Gasteiger partial charge is 0.148 e. The van der Waals surface area contributed by atoms with Gasteiger partial charge in [-0.25, -0.2) is 9.97 Å². The molecule has 0 aliphatic heterocycles. The molecule has 3 rings (SSSR count). The molecule has 0 bridgehead atoms. The fourth-order valence-electron chi connectivity index (χ4n) is 2.96. The maximum atomic E-state index is 4.69. The van der Waals surface area contributed by atoms with Gasteiger partial charge in [0, 0.05) is 6.54 Å². The van der Waals surface area contributed by atoms with E-state index in [9.17, 15) is 0 Å². The van der Waals surface area contributed by atoms with Crippen LogP contribution in [-0.4, -0.2) is 16.5 Å². The van der Waals surface area contributed by atoms with Crippen LogP contribution in [0.15, 0.2) is 24.3 Å². The van der Waals surface area contributed by atoms with Crippen LogP contribution in [0.5, 0.6) is 0 Å². The fourth-order valence-corrected chi connectivity index (χ4v) is 2.96. The van der Waals surface area contributed by atoms with Crippen LogP contribution in [0.3, 0.4) is 0 Å². The van der Waals surface area contributed by atoms with E-state index < -0.39 is 0 Å². The van der Waals surface area contributed by atoms with E-state index in [1.54, 1.807) is 0 Å². The van der Waals surface area contributed by atoms with Gasteiger partial charge in [0.1, 0.15) is 5.82 Å². The number of hydrogen-bond acceptors (Lipinski definition) is 3. The van der Waals surface area contributed by atoms with Gasteiger partial charge in [-0.1, -0.05) is 31.9 Å². The van der Waals surface area contributed by atoms with E-state index in [-0.39, 0.29) is 0 Å². The van der Waals surface area contributed by atoms with Crippen molar-refractivity contribution in [3.8, 4) is 0 Å². The van der Waals surface area contributed by atoms with Crippen LogP contribution < -0.4 is 5.32 Å². The highest BCUT2D eigenvalue weighted by Crippen LogP contribution is 2.37. The van der Waals surface area contributed by atoms with E-state index in [4.69, 9.17) is 4.98 Å². The summed E-state index contributed by atoms with van der Waals surface area (Å²) in [5.41, 5.74) is 3.35. The second-order valence-electron chi connectivity index (χ2n) is 6.02. The first-order valence-corrected chi connectivity index (χ1v) is 7.14. The molecule has 0 unspecified atom stereocenters. The summed E-state index contributed by atoms with van der Waals surface area (Å²) in [7, 11) is 0. The van der Waals surface area contributed by atoms with Gasteiger partial charge in [-0.15, -0.1) is 0 Å². The van der Waals surface area contributed by atoms with Crippen LogP contribution in [0.1, 0.15) is 38.3 Å². The molecule has 100 valence electrons. The summed E-state index contributed by atoms with van der Waals surface area (Å²) in [6, 6.07) is 8.04. The van der Waals surface area contributed by atoms with Crippen molar-refractivity contribution < 1.29 is 0 Å². The lowest BCUT2D eigenvalue weighted by Crippen LogP contribution is -2.23. The lowest BCUT2D eigenvalue weighted by atomic mass is 9.89. The molecule has 0 amide bonds. The summed E-state index contributed by atoms with van der Waals surface area (Å²) in [5, 5.41) is 3.51. The second-order valence-corrected chi connectivity index (χ2v) is 6.02. The van der Waals surface area contributed by atoms with E-state index in [2.05, 4.69) is 17.2 Å². The number of benzene rings is 1. The Morgan fingerprint density at radius 3 is 2.42 bits per heavy atom. The summed E-state index contributed by atoms with van der Waals surface area (Å²) in [5.74, 6) is 0.937. The second kappa shape index (κ2) is 4.80. The first kappa shape index (κ1) is 12.4. The highest BCUT2D eigenvalue weighted by Gasteiger charge is 2.28. The summed E-state index contributed by atoms with van der Waals surface area (Å²) < 4.78 is 0. The van der Waals surface area contributed by atoms with E-state index in [1.165, 1.54) is 25.7 Å². The van der Waals surface area contributed by atoms with Crippen molar-refractivity contribution in [2.45, 2.75) is 39.5 Å². The van der Waals surface area contributed by atoms with Crippen molar-refractivity contribution in [2.24, 2.45) is 5.41 Å². The number of anilines is 1. The Morgan fingerprint density at radius 1 is 1.11 bits per heavy atom. The molecule has 3 heteroatoms. The Kier molecular flexibility index (Phi) is 3.13. The minimum absolute atomic E-state index is 0.430. The Morgan fingerprint density at radius 2 is 1.74 bits per heavy atom. The van der Waals surface area contributed by atoms with Crippen molar-refractivity contribution in [1.29, 1.82) is 0 Å². The average Bonchev–Trinajstić information content (AvgIpc) is 2.84. The average molecular weight is 255 g/mol. The Balaban J connectivity index is 1.82. The van der Waals surface area contributed by atoms with Gasteiger partial charge in [0.2, 0.25) is 0 Å². The molecule has 1 aromatic heterocycles. The third kappa shape index (κ3) is 2.55. The summed E-state index contributed by atoms with van der Waals surface area (Å²) >= 11 is 0. The zero-order valence-electron chi connectivity index (χ0n) is 11.7. The molecule has 1 aliphatic rings. The standard InChI is InChI=1S/C16H21N3/c1-12-15(17-11-16(2)9-5-6-10-16)19-14-8-4-3-7-13(14)18-12/h3-4,7-8H,5-6,9-11H2,1-2H3,(H,17,19). The van der Waals surface area contributed by atoms with E-state index in [0.29, 0.717) is 5.41 Å². The van der Waals surface area contributed by atoms with Crippen molar-refractivity contribution in [1.82, 2.24) is 9.97 Å². The zero-order valence-corrected chi connectivity index (χ0v) is 11.7. The molecular weight excluding hydrogens is 234 g/mol. The van der Waals surface area contributed by atoms with Crippen LogP contribution in [0.2, 0.25) is 0 Å². The van der Waals surface area contributed by atoms with Crippen LogP contribution in [0.4, 0.5) is 5.82 Å². The van der Waals surface area contributed by atoms with Gasteiger partial charge in [-0.05, 0) is 37.3 Å². The molecule has 1 saturated carbocycles. The van der Waals surface area contributed by atoms with Crippen LogP contribution in [0, 0.1) is 12.3 Å². The minimum atomic E-state index is 0.430. The fraction of sp³-hybridized carbons (Fsp3) is 0.500. The van der Waals surface area contributed by atoms with Gasteiger partial charge >= 0.3 is 0 Å². The monoisotopic (exact) mass is 255 g/mol. The molecule has 0 spiro atoms. The molecule has 2 aromatic rings. The van der Waals surface area contributed by atoms with Crippen LogP contribution in [-0.2, 0) is 0 Å². The van der Waals surface area contributed by atoms with Gasteiger partial charge in [-0.3, -0.25) is 0 Å². The largest absolute Gasteiger partial charge is 0.368 e. The highest BCUT2D eigenvalue weighted by molar-refractivity contribution is 5.76. The van der Waals surface area contributed by atoms with Gasteiger partial charge in [-0.2, -0.15) is 0 Å². The van der Waals surface area contributed by atoms with Gasteiger partial charge in [0.05, 0.1) is 16.7 Å². The summed E-state index contributed by atoms with van der Waals surface area (Å²) in [6.45, 7) is 5.40. The number of fused-ring (bicyclic) bond motifs is 1. The molecule has 1 N–H and O–H groups in total. The molecule has 1 fully saturated rings. The first-order valence-electron chi connectivity index (χ1n) is 7.14. The number of nitrogens with zero attached hydrogens (tertiary/aromatic N) is 2. The van der Waals surface area contributed by atoms with E-state index in [0.717, 1.165) is 29.1 Å². The Bertz CT molecular complexity index is 586. The normalized spacial score (nSPS) is 17.8. The number of hydrogen-bond donors (Lipinski definition) is 1. The van der Waals surface area contributed by atoms with Crippen LogP contribution >= 0.6 is 0 Å². The predicted molar refractivity (Wildman–Crippen MR) is 79.3 cm³/mol. The number of nitrogens with one attached hydrogen (secondary N) is 1. The Hall–Kier alpha value is -1.64. The lowest BCUT2D eigenvalue weighted by Gasteiger charge is -2.24. The van der Waals surface area contributed by atoms with E-state index in [1.807, 2.05) is 31.2 Å². The van der Waals surface area contributed by atoms with Gasteiger partial charge < -0.3 is 5.32 Å². The zero-order chi connectivity index (χ0) is 13.3. The third-order valence-corrected chi connectivity index (χ3v) is 4.24. The van der Waals surface area contributed by atoms with Gasteiger partial charge in [0.15, 0.2) is 0 Å². The van der Waals surface area contributed by atoms with Crippen molar-refractivity contribution >= 4 is 16.9 Å². The van der Waals surface area contributed by atoms with Crippen molar-refractivity contribution in [3.63, 3.8) is 0 Å². The maximum Gasteiger partial charge on any atom is 0.148 e. The number of para-hydroxylation sites is 2. The molecule has 1 aromatic carbocycles. The molecular formula is C16H21N3. The van der Waals surface area contributed by atoms with Crippen LogP contribution in [0.25, 0.3) is 11.0 Å². The molecule has 0 radical (unpaired) electrons. The molecule has 0 atom stereocenters. The topological polar surface area (TPSA) is 37.8 Å². The summed E-state index contributed by atoms with van der Waals surface area (Å²) in [6.07, 6.45) is 5.36. The van der Waals surface area contributed by atoms with Crippen molar-refractivity contribution in [2.75, 3.05) is 11.9 Å². The molecule has 0 saturated heterocycles. The van der Waals surface area contributed by atoms with Crippen molar-refractivity contribution in [3.05, 3.63) is 30.0 Å². The molecule has 19 heavy (non-hydrogen) atoms. The SMILES string of the molecule is Cc1nc2ccccc2nc1NCC1(C)CCCC1.